The van der Waals surface area contributed by atoms with Gasteiger partial charge in [-0.1, -0.05) is 19.7 Å². The third kappa shape index (κ3) is 14.5. The Balaban J connectivity index is 0. The maximum Gasteiger partial charge on any atom is 0.340 e. The van der Waals surface area contributed by atoms with Gasteiger partial charge in [-0.3, -0.25) is 0 Å². The van der Waals surface area contributed by atoms with Crippen molar-refractivity contribution in [3.05, 3.63) is 36.5 Å². The van der Waals surface area contributed by atoms with Gasteiger partial charge >= 0.3 is 17.9 Å². The fourth-order valence-electron chi connectivity index (χ4n) is 0.742. The Hall–Kier alpha value is -2.25. The van der Waals surface area contributed by atoms with Gasteiger partial charge in [0.2, 0.25) is 0 Å². The van der Waals surface area contributed by atoms with Crippen molar-refractivity contribution >= 4 is 17.9 Å². The lowest BCUT2D eigenvalue weighted by atomic mass is 10.3. The molecule has 0 spiro atoms. The van der Waals surface area contributed by atoms with E-state index in [-0.39, 0.29) is 31.0 Å². The molecule has 0 saturated heterocycles. The van der Waals surface area contributed by atoms with Crippen LogP contribution in [0.5, 0.6) is 0 Å². The molecule has 0 radical (unpaired) electrons. The number of ether oxygens (including phenoxy) is 3. The molecule has 0 aliphatic heterocycles. The molecule has 0 unspecified atom stereocenters. The van der Waals surface area contributed by atoms with Gasteiger partial charge in [0.25, 0.3) is 0 Å². The molecule has 0 saturated carbocycles. The summed E-state index contributed by atoms with van der Waals surface area (Å²) < 4.78 is 13.9. The van der Waals surface area contributed by atoms with Crippen LogP contribution >= 0.6 is 0 Å². The van der Waals surface area contributed by atoms with Crippen LogP contribution in [0.3, 0.4) is 0 Å². The largest absolute Gasteiger partial charge is 0.460 e. The van der Waals surface area contributed by atoms with Crippen LogP contribution in [0.25, 0.3) is 0 Å². The summed E-state index contributed by atoms with van der Waals surface area (Å²) in [4.78, 5) is 32.1. The average Bonchev–Trinajstić information content (AvgIpc) is 2.46. The van der Waals surface area contributed by atoms with E-state index in [1.165, 1.54) is 13.8 Å². The van der Waals surface area contributed by atoms with Crippen LogP contribution in [0.15, 0.2) is 36.5 Å². The van der Waals surface area contributed by atoms with Gasteiger partial charge in [-0.05, 0) is 20.8 Å². The van der Waals surface area contributed by atoms with E-state index in [0.717, 1.165) is 0 Å². The number of hydrogen-bond donors (Lipinski definition) is 1. The van der Waals surface area contributed by atoms with Crippen molar-refractivity contribution in [2.24, 2.45) is 0 Å². The minimum atomic E-state index is -0.710. The zero-order valence-electron chi connectivity index (χ0n) is 13.8. The predicted molar refractivity (Wildman–Crippen MR) is 84.4 cm³/mol. The van der Waals surface area contributed by atoms with Crippen LogP contribution in [0.2, 0.25) is 0 Å². The summed E-state index contributed by atoms with van der Waals surface area (Å²) in [5.41, 5.74) is 0.761. The molecule has 0 atom stereocenters. The van der Waals surface area contributed by atoms with E-state index in [1.54, 1.807) is 6.92 Å². The molecule has 0 rings (SSSR count). The van der Waals surface area contributed by atoms with E-state index >= 15 is 0 Å². The van der Waals surface area contributed by atoms with Crippen LogP contribution < -0.4 is 0 Å². The minimum absolute atomic E-state index is 0.0194. The first-order chi connectivity index (χ1) is 10.6. The first-order valence-corrected chi connectivity index (χ1v) is 6.72. The molecule has 0 heterocycles. The molecular weight excluding hydrogens is 304 g/mol. The number of aliphatic hydroxyl groups is 1. The second kappa shape index (κ2) is 13.4. The molecule has 0 aliphatic carbocycles. The Morgan fingerprint density at radius 1 is 0.783 bits per heavy atom. The van der Waals surface area contributed by atoms with Gasteiger partial charge in [0.15, 0.2) is 0 Å². The number of rotatable bonds is 8. The maximum absolute atomic E-state index is 10.7. The highest BCUT2D eigenvalue weighted by atomic mass is 16.6. The maximum atomic E-state index is 10.7. The van der Waals surface area contributed by atoms with Crippen molar-refractivity contribution in [3.8, 4) is 0 Å². The van der Waals surface area contributed by atoms with Gasteiger partial charge in [-0.25, -0.2) is 14.4 Å². The molecule has 7 nitrogen and oxygen atoms in total. The van der Waals surface area contributed by atoms with Crippen molar-refractivity contribution in [2.75, 3.05) is 26.4 Å². The Bertz CT molecular complexity index is 439. The molecule has 23 heavy (non-hydrogen) atoms. The van der Waals surface area contributed by atoms with Crippen molar-refractivity contribution < 1.29 is 33.7 Å². The Kier molecular flexibility index (Phi) is 13.4. The molecule has 0 aliphatic rings. The summed E-state index contributed by atoms with van der Waals surface area (Å²) in [6, 6.07) is 0. The van der Waals surface area contributed by atoms with Gasteiger partial charge in [0.1, 0.15) is 6.61 Å². The van der Waals surface area contributed by atoms with E-state index < -0.39 is 17.9 Å². The van der Waals surface area contributed by atoms with E-state index in [0.29, 0.717) is 12.2 Å². The third-order valence-electron chi connectivity index (χ3n) is 1.93. The summed E-state index contributed by atoms with van der Waals surface area (Å²) in [5.74, 6) is -1.83. The molecule has 1 N–H and O–H groups in total. The number of hydrogen-bond acceptors (Lipinski definition) is 7. The van der Waals surface area contributed by atoms with Crippen LogP contribution in [0.1, 0.15) is 20.8 Å². The lowest BCUT2D eigenvalue weighted by Crippen LogP contribution is -2.12. The van der Waals surface area contributed by atoms with Gasteiger partial charge in [0, 0.05) is 16.7 Å². The zero-order valence-corrected chi connectivity index (χ0v) is 13.8. The lowest BCUT2D eigenvalue weighted by molar-refractivity contribution is -0.154. The highest BCUT2D eigenvalue weighted by Crippen LogP contribution is 1.97. The van der Waals surface area contributed by atoms with E-state index in [4.69, 9.17) is 14.6 Å². The van der Waals surface area contributed by atoms with Gasteiger partial charge < -0.3 is 19.3 Å². The van der Waals surface area contributed by atoms with E-state index in [2.05, 4.69) is 24.5 Å². The minimum Gasteiger partial charge on any atom is -0.460 e. The van der Waals surface area contributed by atoms with Crippen molar-refractivity contribution in [3.63, 3.8) is 0 Å². The molecule has 0 amide bonds. The van der Waals surface area contributed by atoms with Gasteiger partial charge in [0.05, 0.1) is 19.8 Å². The molecule has 7 heteroatoms. The number of carbonyl (C=O) groups is 3. The number of carbonyl (C=O) groups excluding carboxylic acids is 3. The first kappa shape index (κ1) is 23.0. The quantitative estimate of drug-likeness (QED) is 0.310. The highest BCUT2D eigenvalue weighted by molar-refractivity contribution is 6.00. The number of esters is 3. The van der Waals surface area contributed by atoms with Crippen LogP contribution in [-0.4, -0.2) is 49.4 Å². The predicted octanol–water partition coefficient (Wildman–Crippen LogP) is 1.32. The lowest BCUT2D eigenvalue weighted by Gasteiger charge is -2.03. The molecule has 0 fully saturated rings. The summed E-state index contributed by atoms with van der Waals surface area (Å²) in [6.45, 7) is 15.3. The summed E-state index contributed by atoms with van der Waals surface area (Å²) in [7, 11) is 0. The Morgan fingerprint density at radius 2 is 1.22 bits per heavy atom. The topological polar surface area (TPSA) is 99.1 Å². The fourth-order valence-corrected chi connectivity index (χ4v) is 0.742. The average molecular weight is 328 g/mol. The zero-order chi connectivity index (χ0) is 18.4. The Morgan fingerprint density at radius 3 is 1.57 bits per heavy atom. The first-order valence-electron chi connectivity index (χ1n) is 6.72. The van der Waals surface area contributed by atoms with Crippen molar-refractivity contribution in [1.82, 2.24) is 0 Å². The van der Waals surface area contributed by atoms with Crippen molar-refractivity contribution in [1.29, 1.82) is 0 Å². The Labute approximate surface area is 136 Å². The second-order valence-corrected chi connectivity index (χ2v) is 4.49. The van der Waals surface area contributed by atoms with E-state index in [9.17, 15) is 14.4 Å². The smallest absolute Gasteiger partial charge is 0.340 e. The molecule has 0 aromatic rings. The summed E-state index contributed by atoms with van der Waals surface area (Å²) in [5, 5.41) is 8.32. The normalized spacial score (nSPS) is 9.04. The summed E-state index contributed by atoms with van der Waals surface area (Å²) in [6.07, 6.45) is 0. The fraction of sp³-hybridized carbons (Fsp3) is 0.438. The second-order valence-electron chi connectivity index (χ2n) is 4.49. The molecular formula is C16H24O7. The SMILES string of the molecule is C=C(C)C(=O)OC(=O)C(=C)C.C=C(C)C(=O)OCCOCCO. The third-order valence-corrected chi connectivity index (χ3v) is 1.93. The van der Waals surface area contributed by atoms with Gasteiger partial charge in [-0.15, -0.1) is 0 Å². The monoisotopic (exact) mass is 328 g/mol. The van der Waals surface area contributed by atoms with Crippen LogP contribution in [0, 0.1) is 0 Å². The molecule has 130 valence electrons. The van der Waals surface area contributed by atoms with Crippen molar-refractivity contribution in [2.45, 2.75) is 20.8 Å². The summed E-state index contributed by atoms with van der Waals surface area (Å²) >= 11 is 0. The molecule has 0 aromatic carbocycles. The molecule has 0 bridgehead atoms. The highest BCUT2D eigenvalue weighted by Gasteiger charge is 2.10. The standard InChI is InChI=1S/C8H14O4.C8H10O3/c1-7(2)8(10)12-6-5-11-4-3-9;1-5(2)7(9)11-8(10)6(3)4/h9H,1,3-6H2,2H3;1,3H2,2,4H3. The van der Waals surface area contributed by atoms with Crippen LogP contribution in [-0.2, 0) is 28.6 Å². The van der Waals surface area contributed by atoms with E-state index in [1.807, 2.05) is 0 Å². The van der Waals surface area contributed by atoms with Gasteiger partial charge in [-0.2, -0.15) is 0 Å². The number of aliphatic hydroxyl groups excluding tert-OH is 1. The molecule has 0 aromatic heterocycles. The van der Waals surface area contributed by atoms with Crippen LogP contribution in [0.4, 0.5) is 0 Å².